The molecule has 0 fully saturated rings. The van der Waals surface area contributed by atoms with Crippen LogP contribution in [0.3, 0.4) is 0 Å². The fraction of sp³-hybridized carbons (Fsp3) is 0. The van der Waals surface area contributed by atoms with E-state index in [2.05, 4.69) is 0 Å². The van der Waals surface area contributed by atoms with Gasteiger partial charge in [0.15, 0.2) is 0 Å². The molecule has 0 bridgehead atoms. The summed E-state index contributed by atoms with van der Waals surface area (Å²) in [5.41, 5.74) is 0. The van der Waals surface area contributed by atoms with Crippen molar-refractivity contribution in [3.05, 3.63) is 107 Å². The van der Waals surface area contributed by atoms with Crippen LogP contribution in [0.1, 0.15) is 0 Å². The second kappa shape index (κ2) is 11.1. The topological polar surface area (TPSA) is 18.5 Å². The fourth-order valence-electron chi connectivity index (χ4n) is 2.87. The number of hydrogen-bond acceptors (Lipinski definition) is 4. The Morgan fingerprint density at radius 3 is 0.947 bits per heavy atom. The summed E-state index contributed by atoms with van der Waals surface area (Å²) in [6.07, 6.45) is 0. The Kier molecular flexibility index (Phi) is 8.02. The van der Waals surface area contributed by atoms with Gasteiger partial charge in [0.25, 0.3) is 0 Å². The van der Waals surface area contributed by atoms with Gasteiger partial charge in [0.1, 0.15) is 11.5 Å². The zero-order valence-corrected chi connectivity index (χ0v) is 19.7. The highest BCUT2D eigenvalue weighted by molar-refractivity contribution is 8.76. The van der Waals surface area contributed by atoms with E-state index in [0.717, 1.165) is 33.7 Å². The molecule has 0 saturated heterocycles. The molecule has 0 saturated carbocycles. The third-order valence-electron chi connectivity index (χ3n) is 4.68. The highest BCUT2D eigenvalue weighted by atomic mass is 33.1. The molecule has 0 N–H and O–H groups in total. The zero-order valence-electron chi connectivity index (χ0n) is 18.0. The Labute approximate surface area is 214 Å². The molecule has 198 valence electrons. The Hall–Kier alpha value is -3.52. The van der Waals surface area contributed by atoms with Crippen molar-refractivity contribution in [1.82, 2.24) is 0 Å². The number of halogens is 10. The Morgan fingerprint density at radius 1 is 0.368 bits per heavy atom. The van der Waals surface area contributed by atoms with Crippen molar-refractivity contribution >= 4 is 21.6 Å². The van der Waals surface area contributed by atoms with Crippen LogP contribution >= 0.6 is 21.6 Å². The van der Waals surface area contributed by atoms with Gasteiger partial charge in [-0.3, -0.25) is 0 Å². The largest absolute Gasteiger partial charge is 0.450 e. The molecule has 4 rings (SSSR count). The van der Waals surface area contributed by atoms with Gasteiger partial charge >= 0.3 is 0 Å². The van der Waals surface area contributed by atoms with Crippen LogP contribution in [0, 0.1) is 58.2 Å². The van der Waals surface area contributed by atoms with Crippen LogP contribution in [0.5, 0.6) is 23.0 Å². The molecule has 0 atom stereocenters. The summed E-state index contributed by atoms with van der Waals surface area (Å²) in [7, 11) is 1.59. The molecule has 0 radical (unpaired) electrons. The lowest BCUT2D eigenvalue weighted by Gasteiger charge is -2.14. The van der Waals surface area contributed by atoms with Crippen molar-refractivity contribution in [2.75, 3.05) is 0 Å². The van der Waals surface area contributed by atoms with E-state index in [-0.39, 0.29) is 21.3 Å². The number of ether oxygens (including phenoxy) is 2. The molecule has 0 heterocycles. The van der Waals surface area contributed by atoms with Gasteiger partial charge in [-0.05, 0) is 45.9 Å². The third-order valence-corrected chi connectivity index (χ3v) is 7.13. The average Bonchev–Trinajstić information content (AvgIpc) is 2.93. The first-order valence-electron chi connectivity index (χ1n) is 9.94. The zero-order chi connectivity index (χ0) is 27.7. The first-order valence-corrected chi connectivity index (χ1v) is 12.1. The molecule has 4 aromatic rings. The third kappa shape index (κ3) is 5.10. The Bertz CT molecular complexity index is 1370. The SMILES string of the molecule is Fc1c(F)c(F)c(Oc2ccccc2SSc2ccccc2Oc2c(F)c(F)c(F)c(F)c2F)c(F)c1F. The molecule has 0 aromatic heterocycles. The molecule has 0 unspecified atom stereocenters. The summed E-state index contributed by atoms with van der Waals surface area (Å²) in [6, 6.07) is 10.6. The summed E-state index contributed by atoms with van der Waals surface area (Å²) >= 11 is 0. The molecule has 0 aliphatic carbocycles. The van der Waals surface area contributed by atoms with Gasteiger partial charge in [0, 0.05) is 0 Å². The van der Waals surface area contributed by atoms with Crippen LogP contribution in [0.2, 0.25) is 0 Å². The maximum Gasteiger partial charge on any atom is 0.207 e. The summed E-state index contributed by atoms with van der Waals surface area (Å²) in [5.74, 6) is -26.1. The molecule has 14 heteroatoms. The predicted molar refractivity (Wildman–Crippen MR) is 117 cm³/mol. The van der Waals surface area contributed by atoms with E-state index in [4.69, 9.17) is 9.47 Å². The molecular weight excluding hydrogens is 574 g/mol. The minimum atomic E-state index is -2.36. The molecule has 0 aliphatic rings. The molecule has 0 amide bonds. The number of rotatable bonds is 7. The van der Waals surface area contributed by atoms with E-state index in [1.165, 1.54) is 36.4 Å². The van der Waals surface area contributed by atoms with Gasteiger partial charge in [-0.2, -0.15) is 17.6 Å². The van der Waals surface area contributed by atoms with Gasteiger partial charge < -0.3 is 9.47 Å². The number of para-hydroxylation sites is 2. The van der Waals surface area contributed by atoms with Gasteiger partial charge in [0.05, 0.1) is 9.79 Å². The van der Waals surface area contributed by atoms with Crippen LogP contribution in [-0.2, 0) is 0 Å². The van der Waals surface area contributed by atoms with E-state index >= 15 is 0 Å². The molecule has 38 heavy (non-hydrogen) atoms. The number of benzene rings is 4. The maximum absolute atomic E-state index is 14.1. The van der Waals surface area contributed by atoms with Crippen LogP contribution in [-0.4, -0.2) is 0 Å². The minimum absolute atomic E-state index is 0.0903. The fourth-order valence-corrected chi connectivity index (χ4v) is 5.06. The highest BCUT2D eigenvalue weighted by Gasteiger charge is 2.29. The summed E-state index contributed by atoms with van der Waals surface area (Å²) < 4.78 is 147. The van der Waals surface area contributed by atoms with E-state index in [9.17, 15) is 43.9 Å². The Balaban J connectivity index is 1.62. The maximum atomic E-state index is 14.1. The molecule has 0 spiro atoms. The quantitative estimate of drug-likeness (QED) is 0.0935. The van der Waals surface area contributed by atoms with Crippen molar-refractivity contribution < 1.29 is 53.4 Å². The van der Waals surface area contributed by atoms with E-state index < -0.39 is 69.7 Å². The van der Waals surface area contributed by atoms with Crippen LogP contribution < -0.4 is 9.47 Å². The first kappa shape index (κ1) is 27.5. The normalized spacial score (nSPS) is 11.1. The lowest BCUT2D eigenvalue weighted by molar-refractivity contribution is 0.329. The predicted octanol–water partition coefficient (Wildman–Crippen LogP) is 9.46. The number of hydrogen-bond donors (Lipinski definition) is 0. The second-order valence-corrected chi connectivity index (χ2v) is 9.28. The first-order chi connectivity index (χ1) is 18.0. The molecular formula is C24H8F10O2S2. The lowest BCUT2D eigenvalue weighted by atomic mass is 10.2. The summed E-state index contributed by atoms with van der Waals surface area (Å²) in [4.78, 5) is 0.181. The van der Waals surface area contributed by atoms with Crippen molar-refractivity contribution in [2.24, 2.45) is 0 Å². The van der Waals surface area contributed by atoms with Gasteiger partial charge in [-0.15, -0.1) is 0 Å². The smallest absolute Gasteiger partial charge is 0.207 e. The van der Waals surface area contributed by atoms with Crippen molar-refractivity contribution in [3.8, 4) is 23.0 Å². The monoisotopic (exact) mass is 582 g/mol. The van der Waals surface area contributed by atoms with Gasteiger partial charge in [0.2, 0.25) is 69.7 Å². The summed E-state index contributed by atoms with van der Waals surface area (Å²) in [5, 5.41) is 0. The second-order valence-electron chi connectivity index (χ2n) is 7.06. The minimum Gasteiger partial charge on any atom is -0.450 e. The van der Waals surface area contributed by atoms with Gasteiger partial charge in [-0.1, -0.05) is 24.3 Å². The van der Waals surface area contributed by atoms with E-state index in [1.807, 2.05) is 0 Å². The molecule has 4 aromatic carbocycles. The lowest BCUT2D eigenvalue weighted by Crippen LogP contribution is -2.04. The van der Waals surface area contributed by atoms with Crippen LogP contribution in [0.25, 0.3) is 0 Å². The van der Waals surface area contributed by atoms with Crippen molar-refractivity contribution in [1.29, 1.82) is 0 Å². The Morgan fingerprint density at radius 2 is 0.632 bits per heavy atom. The highest BCUT2D eigenvalue weighted by Crippen LogP contribution is 2.47. The van der Waals surface area contributed by atoms with Crippen molar-refractivity contribution in [2.45, 2.75) is 9.79 Å². The van der Waals surface area contributed by atoms with Crippen LogP contribution in [0.15, 0.2) is 58.3 Å². The standard InChI is InChI=1S/C24H8F10O2S2/c25-13-15(27)19(31)23(20(32)16(13)28)35-9-5-1-3-7-11(9)37-38-12-8-4-2-6-10(12)36-24-21(33)17(29)14(26)18(30)22(24)34/h1-8H. The van der Waals surface area contributed by atoms with Crippen molar-refractivity contribution in [3.63, 3.8) is 0 Å². The van der Waals surface area contributed by atoms with Gasteiger partial charge in [-0.25, -0.2) is 26.3 Å². The molecule has 0 aliphatic heterocycles. The van der Waals surface area contributed by atoms with E-state index in [1.54, 1.807) is 0 Å². The summed E-state index contributed by atoms with van der Waals surface area (Å²) in [6.45, 7) is 0. The van der Waals surface area contributed by atoms with Crippen LogP contribution in [0.4, 0.5) is 43.9 Å². The van der Waals surface area contributed by atoms with E-state index in [0.29, 0.717) is 0 Å². The average molecular weight is 582 g/mol. The molecule has 2 nitrogen and oxygen atoms in total.